The Morgan fingerprint density at radius 2 is 1.94 bits per heavy atom. The molecule has 1 aliphatic carbocycles. The van der Waals surface area contributed by atoms with Crippen LogP contribution in [0.25, 0.3) is 0 Å². The molecule has 0 saturated carbocycles. The lowest BCUT2D eigenvalue weighted by atomic mass is 9.79. The second-order valence-corrected chi connectivity index (χ2v) is 5.60. The van der Waals surface area contributed by atoms with E-state index in [1.54, 1.807) is 16.7 Å². The number of rotatable bonds is 0. The van der Waals surface area contributed by atoms with Gasteiger partial charge in [-0.05, 0) is 62.3 Å². The predicted octanol–water partition coefficient (Wildman–Crippen LogP) is 2.90. The second-order valence-electron chi connectivity index (χ2n) is 5.60. The molecule has 1 unspecified atom stereocenters. The monoisotopic (exact) mass is 215 g/mol. The summed E-state index contributed by atoms with van der Waals surface area (Å²) in [6.45, 7) is 4.74. The Bertz CT molecular complexity index is 408. The summed E-state index contributed by atoms with van der Waals surface area (Å²) in [5, 5.41) is 0. The lowest BCUT2D eigenvalue weighted by Gasteiger charge is -2.28. The van der Waals surface area contributed by atoms with Crippen LogP contribution in [0.15, 0.2) is 12.1 Å². The number of aryl methyl sites for hydroxylation is 2. The van der Waals surface area contributed by atoms with Gasteiger partial charge in [-0.2, -0.15) is 0 Å². The van der Waals surface area contributed by atoms with Crippen LogP contribution >= 0.6 is 0 Å². The van der Waals surface area contributed by atoms with Crippen LogP contribution in [0.2, 0.25) is 0 Å². The summed E-state index contributed by atoms with van der Waals surface area (Å²) in [5.74, 6) is 0.812. The lowest BCUT2D eigenvalue weighted by Crippen LogP contribution is -2.25. The van der Waals surface area contributed by atoms with Crippen molar-refractivity contribution in [2.45, 2.75) is 38.5 Å². The molecule has 0 fully saturated rings. The second kappa shape index (κ2) is 3.89. The fraction of sp³-hybridized carbons (Fsp3) is 0.600. The molecule has 1 heterocycles. The third kappa shape index (κ3) is 1.67. The minimum Gasteiger partial charge on any atom is -0.305 e. The summed E-state index contributed by atoms with van der Waals surface area (Å²) in [6, 6.07) is 4.85. The van der Waals surface area contributed by atoms with Crippen LogP contribution < -0.4 is 0 Å². The highest BCUT2D eigenvalue weighted by Crippen LogP contribution is 2.37. The van der Waals surface area contributed by atoms with Crippen molar-refractivity contribution in [1.82, 2.24) is 4.90 Å². The molecule has 1 heteroatoms. The van der Waals surface area contributed by atoms with Gasteiger partial charge in [-0.3, -0.25) is 0 Å². The standard InChI is InChI=1S/C15H21N/c1-11-8-12-4-3-5-14-10-16(2)7-6-13(9-11)15(12)14/h8-9,14H,3-7,10H2,1-2H3. The first-order chi connectivity index (χ1) is 7.74. The average molecular weight is 215 g/mol. The molecule has 2 aliphatic rings. The predicted molar refractivity (Wildman–Crippen MR) is 68.1 cm³/mol. The number of hydrogen-bond acceptors (Lipinski definition) is 1. The van der Waals surface area contributed by atoms with Crippen molar-refractivity contribution in [1.29, 1.82) is 0 Å². The van der Waals surface area contributed by atoms with E-state index in [0.29, 0.717) is 0 Å². The zero-order chi connectivity index (χ0) is 11.1. The van der Waals surface area contributed by atoms with Gasteiger partial charge in [0.1, 0.15) is 0 Å². The molecule has 0 radical (unpaired) electrons. The van der Waals surface area contributed by atoms with Gasteiger partial charge in [0.2, 0.25) is 0 Å². The van der Waals surface area contributed by atoms with Crippen LogP contribution in [-0.4, -0.2) is 25.0 Å². The third-order valence-corrected chi connectivity index (χ3v) is 4.20. The summed E-state index contributed by atoms with van der Waals surface area (Å²) >= 11 is 0. The van der Waals surface area contributed by atoms with Crippen molar-refractivity contribution >= 4 is 0 Å². The molecule has 16 heavy (non-hydrogen) atoms. The lowest BCUT2D eigenvalue weighted by molar-refractivity contribution is 0.313. The SMILES string of the molecule is Cc1cc2c3c(c1)CCN(C)CC3CCC2. The van der Waals surface area contributed by atoms with Crippen molar-refractivity contribution in [2.75, 3.05) is 20.1 Å². The summed E-state index contributed by atoms with van der Waals surface area (Å²) < 4.78 is 0. The molecule has 1 nitrogen and oxygen atoms in total. The van der Waals surface area contributed by atoms with Crippen LogP contribution in [-0.2, 0) is 12.8 Å². The topological polar surface area (TPSA) is 3.24 Å². The third-order valence-electron chi connectivity index (χ3n) is 4.20. The summed E-state index contributed by atoms with van der Waals surface area (Å²) in [6.07, 6.45) is 5.34. The first kappa shape index (κ1) is 10.3. The van der Waals surface area contributed by atoms with Gasteiger partial charge in [-0.25, -0.2) is 0 Å². The highest BCUT2D eigenvalue weighted by atomic mass is 15.1. The highest BCUT2D eigenvalue weighted by Gasteiger charge is 2.26. The van der Waals surface area contributed by atoms with E-state index in [0.717, 1.165) is 5.92 Å². The molecule has 1 aliphatic heterocycles. The Labute approximate surface area is 98.5 Å². The van der Waals surface area contributed by atoms with Crippen molar-refractivity contribution in [3.63, 3.8) is 0 Å². The van der Waals surface area contributed by atoms with Crippen molar-refractivity contribution < 1.29 is 0 Å². The Balaban J connectivity index is 2.12. The van der Waals surface area contributed by atoms with Gasteiger partial charge in [-0.1, -0.05) is 17.7 Å². The Morgan fingerprint density at radius 3 is 2.75 bits per heavy atom. The molecule has 0 spiro atoms. The molecule has 1 aromatic rings. The molecule has 3 rings (SSSR count). The van der Waals surface area contributed by atoms with Gasteiger partial charge in [0, 0.05) is 13.1 Å². The molecular formula is C15H21N. The first-order valence-corrected chi connectivity index (χ1v) is 6.55. The molecule has 0 amide bonds. The zero-order valence-corrected chi connectivity index (χ0v) is 10.4. The van der Waals surface area contributed by atoms with Crippen LogP contribution in [0.1, 0.15) is 41.0 Å². The van der Waals surface area contributed by atoms with E-state index in [-0.39, 0.29) is 0 Å². The van der Waals surface area contributed by atoms with E-state index in [1.165, 1.54) is 44.3 Å². The quantitative estimate of drug-likeness (QED) is 0.643. The van der Waals surface area contributed by atoms with E-state index in [1.807, 2.05) is 0 Å². The number of likely N-dealkylation sites (N-methyl/N-ethyl adjacent to an activating group) is 1. The molecule has 0 N–H and O–H groups in total. The van der Waals surface area contributed by atoms with E-state index in [9.17, 15) is 0 Å². The highest BCUT2D eigenvalue weighted by molar-refractivity contribution is 5.43. The van der Waals surface area contributed by atoms with E-state index in [4.69, 9.17) is 0 Å². The maximum Gasteiger partial charge on any atom is 0.00475 e. The minimum atomic E-state index is 0.812. The van der Waals surface area contributed by atoms with Crippen molar-refractivity contribution in [2.24, 2.45) is 0 Å². The molecule has 1 aromatic carbocycles. The Morgan fingerprint density at radius 1 is 1.19 bits per heavy atom. The number of benzene rings is 1. The van der Waals surface area contributed by atoms with Crippen molar-refractivity contribution in [3.05, 3.63) is 34.4 Å². The Kier molecular flexibility index (Phi) is 2.51. The fourth-order valence-corrected chi connectivity index (χ4v) is 3.54. The Hall–Kier alpha value is -0.820. The van der Waals surface area contributed by atoms with Crippen LogP contribution in [0.3, 0.4) is 0 Å². The summed E-state index contributed by atoms with van der Waals surface area (Å²) in [5.41, 5.74) is 6.48. The van der Waals surface area contributed by atoms with Gasteiger partial charge in [0.15, 0.2) is 0 Å². The molecule has 1 atom stereocenters. The summed E-state index contributed by atoms with van der Waals surface area (Å²) in [4.78, 5) is 2.51. The van der Waals surface area contributed by atoms with Gasteiger partial charge < -0.3 is 4.90 Å². The smallest absolute Gasteiger partial charge is 0.00475 e. The van der Waals surface area contributed by atoms with E-state index < -0.39 is 0 Å². The average Bonchev–Trinajstić information content (AvgIpc) is 2.40. The first-order valence-electron chi connectivity index (χ1n) is 6.55. The van der Waals surface area contributed by atoms with E-state index in [2.05, 4.69) is 31.0 Å². The number of hydrogen-bond donors (Lipinski definition) is 0. The largest absolute Gasteiger partial charge is 0.305 e. The zero-order valence-electron chi connectivity index (χ0n) is 10.4. The van der Waals surface area contributed by atoms with Gasteiger partial charge in [0.05, 0.1) is 0 Å². The van der Waals surface area contributed by atoms with Crippen molar-refractivity contribution in [3.8, 4) is 0 Å². The maximum absolute atomic E-state index is 2.51. The van der Waals surface area contributed by atoms with E-state index >= 15 is 0 Å². The van der Waals surface area contributed by atoms with Crippen LogP contribution in [0, 0.1) is 6.92 Å². The van der Waals surface area contributed by atoms with Crippen LogP contribution in [0.4, 0.5) is 0 Å². The minimum absolute atomic E-state index is 0.812. The normalized spacial score (nSPS) is 25.0. The molecular weight excluding hydrogens is 194 g/mol. The van der Waals surface area contributed by atoms with Crippen LogP contribution in [0.5, 0.6) is 0 Å². The van der Waals surface area contributed by atoms with Gasteiger partial charge in [-0.15, -0.1) is 0 Å². The fourth-order valence-electron chi connectivity index (χ4n) is 3.54. The number of nitrogens with zero attached hydrogens (tertiary/aromatic N) is 1. The molecule has 0 aromatic heterocycles. The molecule has 86 valence electrons. The molecule has 0 bridgehead atoms. The summed E-state index contributed by atoms with van der Waals surface area (Å²) in [7, 11) is 2.27. The maximum atomic E-state index is 2.51. The molecule has 0 saturated heterocycles. The van der Waals surface area contributed by atoms with Gasteiger partial charge in [0.25, 0.3) is 0 Å². The van der Waals surface area contributed by atoms with Gasteiger partial charge >= 0.3 is 0 Å².